The number of hydrogen-bond donors (Lipinski definition) is 1. The number of piperidine rings is 1. The van der Waals surface area contributed by atoms with Crippen LogP contribution < -0.4 is 5.32 Å². The smallest absolute Gasteiger partial charge is 0.257 e. The molecule has 166 valence electrons. The van der Waals surface area contributed by atoms with Gasteiger partial charge in [-0.05, 0) is 48.7 Å². The largest absolute Gasteiger partial charge is 0.472 e. The van der Waals surface area contributed by atoms with Crippen LogP contribution in [0, 0.1) is 0 Å². The van der Waals surface area contributed by atoms with E-state index in [9.17, 15) is 18.0 Å². The first-order valence-electron chi connectivity index (χ1n) is 10.4. The third-order valence-corrected chi connectivity index (χ3v) is 7.26. The predicted molar refractivity (Wildman–Crippen MR) is 119 cm³/mol. The number of sulfone groups is 1. The molecule has 32 heavy (non-hydrogen) atoms. The van der Waals surface area contributed by atoms with Crippen molar-refractivity contribution in [2.24, 2.45) is 0 Å². The van der Waals surface area contributed by atoms with Gasteiger partial charge in [-0.25, -0.2) is 8.42 Å². The fourth-order valence-corrected chi connectivity index (χ4v) is 5.12. The SMILES string of the molecule is O=C(NC1CCN(C(=O)c2ccoc2)CC1)c1ccc(CS(=O)(=O)c2ccccc2)cc1. The van der Waals surface area contributed by atoms with Gasteiger partial charge in [-0.3, -0.25) is 9.59 Å². The van der Waals surface area contributed by atoms with Crippen LogP contribution in [0.1, 0.15) is 39.1 Å². The lowest BCUT2D eigenvalue weighted by Crippen LogP contribution is -2.46. The summed E-state index contributed by atoms with van der Waals surface area (Å²) in [5, 5.41) is 3.01. The molecule has 1 fully saturated rings. The molecule has 2 heterocycles. The van der Waals surface area contributed by atoms with E-state index in [1.165, 1.54) is 12.5 Å². The Morgan fingerprint density at radius 2 is 1.62 bits per heavy atom. The van der Waals surface area contributed by atoms with Gasteiger partial charge in [-0.1, -0.05) is 30.3 Å². The van der Waals surface area contributed by atoms with Crippen molar-refractivity contribution in [3.63, 3.8) is 0 Å². The van der Waals surface area contributed by atoms with Gasteiger partial charge in [0.15, 0.2) is 9.84 Å². The summed E-state index contributed by atoms with van der Waals surface area (Å²) in [6, 6.07) is 16.6. The van der Waals surface area contributed by atoms with E-state index in [1.54, 1.807) is 65.6 Å². The van der Waals surface area contributed by atoms with Gasteiger partial charge in [0.25, 0.3) is 11.8 Å². The normalized spacial score (nSPS) is 14.8. The second kappa shape index (κ2) is 9.40. The number of benzene rings is 2. The number of nitrogens with one attached hydrogen (secondary N) is 1. The molecule has 0 unspecified atom stereocenters. The second-order valence-electron chi connectivity index (χ2n) is 7.82. The summed E-state index contributed by atoms with van der Waals surface area (Å²) in [7, 11) is -3.44. The third kappa shape index (κ3) is 5.08. The Labute approximate surface area is 187 Å². The van der Waals surface area contributed by atoms with Gasteiger partial charge in [0.05, 0.1) is 22.5 Å². The van der Waals surface area contributed by atoms with E-state index in [0.717, 1.165) is 0 Å². The van der Waals surface area contributed by atoms with Crippen LogP contribution in [0.5, 0.6) is 0 Å². The molecule has 4 rings (SSSR count). The fraction of sp³-hybridized carbons (Fsp3) is 0.250. The average Bonchev–Trinajstić information content (AvgIpc) is 3.35. The van der Waals surface area contributed by atoms with Gasteiger partial charge < -0.3 is 14.6 Å². The Morgan fingerprint density at radius 1 is 0.938 bits per heavy atom. The van der Waals surface area contributed by atoms with Crippen LogP contribution >= 0.6 is 0 Å². The summed E-state index contributed by atoms with van der Waals surface area (Å²) in [5.74, 6) is -0.395. The van der Waals surface area contributed by atoms with E-state index in [-0.39, 0.29) is 28.5 Å². The number of nitrogens with zero attached hydrogens (tertiary/aromatic N) is 1. The van der Waals surface area contributed by atoms with Crippen LogP contribution in [-0.4, -0.2) is 44.3 Å². The first-order chi connectivity index (χ1) is 15.4. The van der Waals surface area contributed by atoms with Crippen LogP contribution in [0.25, 0.3) is 0 Å². The minimum Gasteiger partial charge on any atom is -0.472 e. The highest BCUT2D eigenvalue weighted by Gasteiger charge is 2.25. The Balaban J connectivity index is 1.30. The number of rotatable bonds is 6. The Kier molecular flexibility index (Phi) is 6.41. The van der Waals surface area contributed by atoms with Crippen molar-refractivity contribution in [2.75, 3.05) is 13.1 Å². The molecule has 1 N–H and O–H groups in total. The van der Waals surface area contributed by atoms with E-state index in [2.05, 4.69) is 5.32 Å². The van der Waals surface area contributed by atoms with E-state index >= 15 is 0 Å². The van der Waals surface area contributed by atoms with Crippen molar-refractivity contribution in [3.8, 4) is 0 Å². The van der Waals surface area contributed by atoms with Gasteiger partial charge >= 0.3 is 0 Å². The minimum absolute atomic E-state index is 0.0194. The number of hydrogen-bond acceptors (Lipinski definition) is 5. The molecule has 2 amide bonds. The number of carbonyl (C=O) groups is 2. The molecule has 7 nitrogen and oxygen atoms in total. The lowest BCUT2D eigenvalue weighted by Gasteiger charge is -2.32. The molecule has 0 atom stereocenters. The van der Waals surface area contributed by atoms with Gasteiger partial charge in [0.2, 0.25) is 0 Å². The molecule has 1 aromatic heterocycles. The summed E-state index contributed by atoms with van der Waals surface area (Å²) in [6.07, 6.45) is 4.25. The number of likely N-dealkylation sites (tertiary alicyclic amines) is 1. The van der Waals surface area contributed by atoms with Gasteiger partial charge in [-0.15, -0.1) is 0 Å². The number of carbonyl (C=O) groups excluding carboxylic acids is 2. The zero-order valence-corrected chi connectivity index (χ0v) is 18.3. The summed E-state index contributed by atoms with van der Waals surface area (Å²) < 4.78 is 30.0. The maximum Gasteiger partial charge on any atom is 0.257 e. The van der Waals surface area contributed by atoms with Crippen LogP contribution in [-0.2, 0) is 15.6 Å². The number of furan rings is 1. The molecular formula is C24H24N2O5S. The molecule has 1 aliphatic rings. The fourth-order valence-electron chi connectivity index (χ4n) is 3.75. The lowest BCUT2D eigenvalue weighted by atomic mass is 10.0. The van der Waals surface area contributed by atoms with Crippen LogP contribution in [0.3, 0.4) is 0 Å². The molecular weight excluding hydrogens is 428 g/mol. The third-order valence-electron chi connectivity index (χ3n) is 5.56. The molecule has 1 aliphatic heterocycles. The zero-order valence-electron chi connectivity index (χ0n) is 17.4. The number of amides is 2. The predicted octanol–water partition coefficient (Wildman–Crippen LogP) is 3.29. The van der Waals surface area contributed by atoms with E-state index in [4.69, 9.17) is 4.42 Å². The van der Waals surface area contributed by atoms with Crippen molar-refractivity contribution < 1.29 is 22.4 Å². The maximum absolute atomic E-state index is 12.6. The second-order valence-corrected chi connectivity index (χ2v) is 9.81. The highest BCUT2D eigenvalue weighted by Crippen LogP contribution is 2.18. The topological polar surface area (TPSA) is 96.7 Å². The first-order valence-corrected chi connectivity index (χ1v) is 12.1. The molecule has 8 heteroatoms. The maximum atomic E-state index is 12.6. The Bertz CT molecular complexity index is 1160. The Morgan fingerprint density at radius 3 is 2.25 bits per heavy atom. The van der Waals surface area contributed by atoms with Crippen LogP contribution in [0.15, 0.2) is 82.5 Å². The molecule has 0 radical (unpaired) electrons. The van der Waals surface area contributed by atoms with Crippen molar-refractivity contribution in [1.29, 1.82) is 0 Å². The molecule has 0 bridgehead atoms. The summed E-state index contributed by atoms with van der Waals surface area (Å²) in [4.78, 5) is 27.0. The Hall–Kier alpha value is -3.39. The summed E-state index contributed by atoms with van der Waals surface area (Å²) in [6.45, 7) is 1.12. The molecule has 3 aromatic rings. The monoisotopic (exact) mass is 452 g/mol. The molecule has 1 saturated heterocycles. The van der Waals surface area contributed by atoms with Gasteiger partial charge in [-0.2, -0.15) is 0 Å². The molecule has 2 aromatic carbocycles. The lowest BCUT2D eigenvalue weighted by molar-refractivity contribution is 0.0697. The summed E-state index contributed by atoms with van der Waals surface area (Å²) in [5.41, 5.74) is 1.63. The van der Waals surface area contributed by atoms with Crippen LogP contribution in [0.2, 0.25) is 0 Å². The minimum atomic E-state index is -3.44. The van der Waals surface area contributed by atoms with Crippen molar-refractivity contribution in [1.82, 2.24) is 10.2 Å². The van der Waals surface area contributed by atoms with Crippen LogP contribution in [0.4, 0.5) is 0 Å². The summed E-state index contributed by atoms with van der Waals surface area (Å²) >= 11 is 0. The van der Waals surface area contributed by atoms with Crippen molar-refractivity contribution >= 4 is 21.7 Å². The highest BCUT2D eigenvalue weighted by atomic mass is 32.2. The molecule has 0 spiro atoms. The van der Waals surface area contributed by atoms with Crippen molar-refractivity contribution in [2.45, 2.75) is 29.5 Å². The standard InChI is InChI=1S/C24H24N2O5S/c27-23(25-21-10-13-26(14-11-21)24(28)20-12-15-31-16-20)19-8-6-18(7-9-19)17-32(29,30)22-4-2-1-3-5-22/h1-9,12,15-16,21H,10-11,13-14,17H2,(H,25,27). The highest BCUT2D eigenvalue weighted by molar-refractivity contribution is 7.90. The molecule has 0 aliphatic carbocycles. The van der Waals surface area contributed by atoms with Gasteiger partial charge in [0.1, 0.15) is 6.26 Å². The zero-order chi connectivity index (χ0) is 22.6. The first kappa shape index (κ1) is 21.8. The van der Waals surface area contributed by atoms with Crippen molar-refractivity contribution in [3.05, 3.63) is 89.9 Å². The van der Waals surface area contributed by atoms with E-state index in [1.807, 2.05) is 0 Å². The average molecular weight is 453 g/mol. The van der Waals surface area contributed by atoms with Gasteiger partial charge in [0, 0.05) is 24.7 Å². The van der Waals surface area contributed by atoms with E-state index < -0.39 is 9.84 Å². The van der Waals surface area contributed by atoms with E-state index in [0.29, 0.717) is 42.6 Å². The molecule has 0 saturated carbocycles. The quantitative estimate of drug-likeness (QED) is 0.619.